The van der Waals surface area contributed by atoms with E-state index in [4.69, 9.17) is 5.11 Å². The third-order valence-corrected chi connectivity index (χ3v) is 3.02. The fourth-order valence-electron chi connectivity index (χ4n) is 1.42. The fraction of sp³-hybridized carbons (Fsp3) is 0.500. The summed E-state index contributed by atoms with van der Waals surface area (Å²) in [6.45, 7) is 4.87. The molecule has 0 bridgehead atoms. The van der Waals surface area contributed by atoms with Crippen LogP contribution in [0, 0.1) is 0 Å². The van der Waals surface area contributed by atoms with Crippen molar-refractivity contribution in [1.82, 2.24) is 4.90 Å². The molecule has 0 spiro atoms. The Labute approximate surface area is 88.0 Å². The van der Waals surface area contributed by atoms with Crippen molar-refractivity contribution in [3.8, 4) is 0 Å². The van der Waals surface area contributed by atoms with Crippen LogP contribution in [0.15, 0.2) is 16.8 Å². The molecule has 1 aromatic heterocycles. The summed E-state index contributed by atoms with van der Waals surface area (Å²) in [7, 11) is 0. The van der Waals surface area contributed by atoms with E-state index in [1.165, 1.54) is 5.56 Å². The highest BCUT2D eigenvalue weighted by Gasteiger charge is 2.16. The van der Waals surface area contributed by atoms with Crippen molar-refractivity contribution in [2.24, 2.45) is 0 Å². The van der Waals surface area contributed by atoms with Crippen LogP contribution in [-0.4, -0.2) is 29.1 Å². The van der Waals surface area contributed by atoms with E-state index in [2.05, 4.69) is 5.38 Å². The summed E-state index contributed by atoms with van der Waals surface area (Å²) in [5, 5.41) is 12.8. The van der Waals surface area contributed by atoms with E-state index >= 15 is 0 Å². The highest BCUT2D eigenvalue weighted by molar-refractivity contribution is 7.07. The number of carbonyl (C=O) groups is 1. The summed E-state index contributed by atoms with van der Waals surface area (Å²) in [6, 6.07) is 2.22. The quantitative estimate of drug-likeness (QED) is 0.815. The Morgan fingerprint density at radius 2 is 2.43 bits per heavy atom. The van der Waals surface area contributed by atoms with Gasteiger partial charge >= 0.3 is 5.97 Å². The molecule has 0 aliphatic carbocycles. The van der Waals surface area contributed by atoms with Crippen LogP contribution >= 0.6 is 11.3 Å². The lowest BCUT2D eigenvalue weighted by Crippen LogP contribution is -2.31. The minimum absolute atomic E-state index is 0.105. The van der Waals surface area contributed by atoms with Crippen molar-refractivity contribution in [2.45, 2.75) is 19.9 Å². The summed E-state index contributed by atoms with van der Waals surface area (Å²) in [6.07, 6.45) is 0. The monoisotopic (exact) mass is 213 g/mol. The Morgan fingerprint density at radius 3 is 2.86 bits per heavy atom. The van der Waals surface area contributed by atoms with Gasteiger partial charge in [-0.05, 0) is 35.9 Å². The van der Waals surface area contributed by atoms with Crippen molar-refractivity contribution in [3.05, 3.63) is 22.4 Å². The molecule has 0 saturated heterocycles. The molecule has 1 aromatic rings. The third kappa shape index (κ3) is 2.82. The van der Waals surface area contributed by atoms with Crippen LogP contribution in [-0.2, 0) is 4.79 Å². The fourth-order valence-corrected chi connectivity index (χ4v) is 2.17. The molecule has 1 unspecified atom stereocenters. The molecular weight excluding hydrogens is 198 g/mol. The van der Waals surface area contributed by atoms with Gasteiger partial charge in [0.05, 0.1) is 6.54 Å². The van der Waals surface area contributed by atoms with Gasteiger partial charge in [0.15, 0.2) is 0 Å². The minimum Gasteiger partial charge on any atom is -0.480 e. The first kappa shape index (κ1) is 11.2. The molecule has 0 fully saturated rings. The standard InChI is InChI=1S/C10H15NO2S/c1-3-11(6-10(12)13)8(2)9-4-5-14-7-9/h4-5,7-8H,3,6H2,1-2H3,(H,12,13). The number of carboxylic acids is 1. The first-order valence-corrected chi connectivity index (χ1v) is 5.57. The average Bonchev–Trinajstić information content (AvgIpc) is 2.65. The van der Waals surface area contributed by atoms with E-state index in [1.807, 2.05) is 30.2 Å². The van der Waals surface area contributed by atoms with E-state index in [-0.39, 0.29) is 12.6 Å². The highest BCUT2D eigenvalue weighted by atomic mass is 32.1. The molecule has 0 aliphatic heterocycles. The summed E-state index contributed by atoms with van der Waals surface area (Å²) < 4.78 is 0. The van der Waals surface area contributed by atoms with Gasteiger partial charge in [-0.15, -0.1) is 0 Å². The molecule has 0 aliphatic rings. The Bertz CT molecular complexity index is 284. The van der Waals surface area contributed by atoms with Crippen LogP contribution < -0.4 is 0 Å². The van der Waals surface area contributed by atoms with E-state index in [1.54, 1.807) is 11.3 Å². The number of likely N-dealkylation sites (N-methyl/N-ethyl adjacent to an activating group) is 1. The van der Waals surface area contributed by atoms with Gasteiger partial charge in [-0.25, -0.2) is 0 Å². The maximum atomic E-state index is 10.6. The first-order valence-electron chi connectivity index (χ1n) is 4.63. The summed E-state index contributed by atoms with van der Waals surface area (Å²) in [4.78, 5) is 12.5. The topological polar surface area (TPSA) is 40.5 Å². The van der Waals surface area contributed by atoms with Gasteiger partial charge < -0.3 is 5.11 Å². The zero-order valence-electron chi connectivity index (χ0n) is 8.43. The second kappa shape index (κ2) is 5.12. The Balaban J connectivity index is 2.65. The second-order valence-corrected chi connectivity index (χ2v) is 3.97. The predicted octanol–water partition coefficient (Wildman–Crippen LogP) is 2.22. The van der Waals surface area contributed by atoms with Crippen molar-refractivity contribution in [1.29, 1.82) is 0 Å². The molecule has 1 rings (SSSR count). The van der Waals surface area contributed by atoms with Gasteiger partial charge in [0.2, 0.25) is 0 Å². The molecule has 78 valence electrons. The molecule has 0 radical (unpaired) electrons. The maximum absolute atomic E-state index is 10.6. The van der Waals surface area contributed by atoms with Crippen LogP contribution in [0.5, 0.6) is 0 Å². The van der Waals surface area contributed by atoms with E-state index in [0.717, 1.165) is 6.54 Å². The maximum Gasteiger partial charge on any atom is 0.317 e. The Morgan fingerprint density at radius 1 is 1.71 bits per heavy atom. The van der Waals surface area contributed by atoms with E-state index in [9.17, 15) is 4.79 Å². The molecule has 1 N–H and O–H groups in total. The van der Waals surface area contributed by atoms with Gasteiger partial charge in [0.25, 0.3) is 0 Å². The van der Waals surface area contributed by atoms with Crippen molar-refractivity contribution >= 4 is 17.3 Å². The molecule has 14 heavy (non-hydrogen) atoms. The van der Waals surface area contributed by atoms with Crippen LogP contribution in [0.25, 0.3) is 0 Å². The second-order valence-electron chi connectivity index (χ2n) is 3.19. The van der Waals surface area contributed by atoms with Crippen LogP contribution in [0.3, 0.4) is 0 Å². The summed E-state index contributed by atoms with van der Waals surface area (Å²) in [5.74, 6) is -0.770. The third-order valence-electron chi connectivity index (χ3n) is 2.32. The van der Waals surface area contributed by atoms with Crippen molar-refractivity contribution in [3.63, 3.8) is 0 Å². The number of hydrogen-bond acceptors (Lipinski definition) is 3. The number of aliphatic carboxylic acids is 1. The smallest absolute Gasteiger partial charge is 0.317 e. The number of carboxylic acid groups (broad SMARTS) is 1. The lowest BCUT2D eigenvalue weighted by atomic mass is 10.1. The van der Waals surface area contributed by atoms with Crippen LogP contribution in [0.4, 0.5) is 0 Å². The summed E-state index contributed by atoms with van der Waals surface area (Å²) >= 11 is 1.64. The van der Waals surface area contributed by atoms with Gasteiger partial charge in [0.1, 0.15) is 0 Å². The van der Waals surface area contributed by atoms with Gasteiger partial charge in [0, 0.05) is 6.04 Å². The van der Waals surface area contributed by atoms with E-state index < -0.39 is 5.97 Å². The molecule has 1 atom stereocenters. The summed E-state index contributed by atoms with van der Waals surface area (Å²) in [5.41, 5.74) is 1.19. The average molecular weight is 213 g/mol. The lowest BCUT2D eigenvalue weighted by Gasteiger charge is -2.25. The molecular formula is C10H15NO2S. The molecule has 1 heterocycles. The molecule has 0 amide bonds. The Kier molecular flexibility index (Phi) is 4.10. The van der Waals surface area contributed by atoms with Gasteiger partial charge in [-0.2, -0.15) is 11.3 Å². The van der Waals surface area contributed by atoms with Crippen molar-refractivity contribution < 1.29 is 9.90 Å². The minimum atomic E-state index is -0.770. The Hall–Kier alpha value is -0.870. The largest absolute Gasteiger partial charge is 0.480 e. The normalized spacial score (nSPS) is 13.1. The zero-order chi connectivity index (χ0) is 10.6. The van der Waals surface area contributed by atoms with Gasteiger partial charge in [-0.1, -0.05) is 6.92 Å². The lowest BCUT2D eigenvalue weighted by molar-refractivity contribution is -0.138. The molecule has 0 saturated carbocycles. The van der Waals surface area contributed by atoms with Crippen LogP contribution in [0.1, 0.15) is 25.5 Å². The number of hydrogen-bond donors (Lipinski definition) is 1. The SMILES string of the molecule is CCN(CC(=O)O)C(C)c1ccsc1. The zero-order valence-corrected chi connectivity index (χ0v) is 9.25. The molecule has 4 heteroatoms. The van der Waals surface area contributed by atoms with Gasteiger partial charge in [-0.3, -0.25) is 9.69 Å². The molecule has 3 nitrogen and oxygen atoms in total. The number of thiophene rings is 1. The van der Waals surface area contributed by atoms with E-state index in [0.29, 0.717) is 0 Å². The first-order chi connectivity index (χ1) is 6.65. The number of rotatable bonds is 5. The molecule has 0 aromatic carbocycles. The van der Waals surface area contributed by atoms with Crippen molar-refractivity contribution in [2.75, 3.05) is 13.1 Å². The van der Waals surface area contributed by atoms with Crippen LogP contribution in [0.2, 0.25) is 0 Å². The predicted molar refractivity (Wildman–Crippen MR) is 57.6 cm³/mol. The highest BCUT2D eigenvalue weighted by Crippen LogP contribution is 2.21. The number of nitrogens with zero attached hydrogens (tertiary/aromatic N) is 1.